The molecule has 1 rings (SSSR count). The first-order valence-electron chi connectivity index (χ1n) is 5.81. The van der Waals surface area contributed by atoms with Crippen molar-refractivity contribution in [3.8, 4) is 0 Å². The van der Waals surface area contributed by atoms with Crippen LogP contribution in [0.5, 0.6) is 0 Å². The van der Waals surface area contributed by atoms with Gasteiger partial charge >= 0.3 is 0 Å². The van der Waals surface area contributed by atoms with Gasteiger partial charge in [-0.25, -0.2) is 0 Å². The molecule has 5 heteroatoms. The van der Waals surface area contributed by atoms with Crippen molar-refractivity contribution in [2.24, 2.45) is 0 Å². The molecule has 0 saturated heterocycles. The molecule has 0 amide bonds. The highest BCUT2D eigenvalue weighted by Crippen LogP contribution is 2.37. The SMILES string of the molecule is CCCC(=O)CCCc1c(Cl)c(Cl)cc(Cl)c1Cl. The summed E-state index contributed by atoms with van der Waals surface area (Å²) in [6, 6.07) is 1.53. The molecule has 0 unspecified atom stereocenters. The number of ketones is 1. The number of benzene rings is 1. The maximum Gasteiger partial charge on any atom is 0.132 e. The van der Waals surface area contributed by atoms with Crippen molar-refractivity contribution in [1.82, 2.24) is 0 Å². The van der Waals surface area contributed by atoms with Gasteiger partial charge in [0.05, 0.1) is 20.1 Å². The van der Waals surface area contributed by atoms with Gasteiger partial charge in [0.1, 0.15) is 5.78 Å². The molecule has 1 nitrogen and oxygen atoms in total. The van der Waals surface area contributed by atoms with Crippen LogP contribution < -0.4 is 0 Å². The van der Waals surface area contributed by atoms with Crippen LogP contribution in [0.1, 0.15) is 38.2 Å². The quantitative estimate of drug-likeness (QED) is 0.586. The first kappa shape index (κ1) is 16.1. The van der Waals surface area contributed by atoms with E-state index in [2.05, 4.69) is 0 Å². The van der Waals surface area contributed by atoms with E-state index in [1.165, 1.54) is 6.07 Å². The minimum Gasteiger partial charge on any atom is -0.300 e. The molecule has 1 aromatic carbocycles. The standard InChI is InChI=1S/C13H14Cl4O/c1-2-4-8(18)5-3-6-9-12(16)10(14)7-11(15)13(9)17/h7H,2-6H2,1H3. The Balaban J connectivity index is 2.70. The molecule has 0 heterocycles. The minimum atomic E-state index is 0.262. The van der Waals surface area contributed by atoms with Gasteiger partial charge in [0.15, 0.2) is 0 Å². The number of rotatable bonds is 6. The van der Waals surface area contributed by atoms with E-state index >= 15 is 0 Å². The van der Waals surface area contributed by atoms with E-state index in [0.717, 1.165) is 12.0 Å². The molecule has 0 saturated carbocycles. The van der Waals surface area contributed by atoms with Gasteiger partial charge in [-0.3, -0.25) is 4.79 Å². The second kappa shape index (κ2) is 7.59. The van der Waals surface area contributed by atoms with Gasteiger partial charge in [-0.2, -0.15) is 0 Å². The Morgan fingerprint density at radius 1 is 1.06 bits per heavy atom. The normalized spacial score (nSPS) is 10.7. The molecule has 0 bridgehead atoms. The number of carbonyl (C=O) groups is 1. The summed E-state index contributed by atoms with van der Waals surface area (Å²) in [5, 5.41) is 1.63. The molecular formula is C13H14Cl4O. The summed E-state index contributed by atoms with van der Waals surface area (Å²) < 4.78 is 0. The van der Waals surface area contributed by atoms with E-state index in [4.69, 9.17) is 46.4 Å². The maximum atomic E-state index is 11.4. The number of Topliss-reactive ketones (excluding diaryl/α,β-unsaturated/α-hetero) is 1. The average Bonchev–Trinajstić information content (AvgIpc) is 2.31. The van der Waals surface area contributed by atoms with Gasteiger partial charge in [-0.15, -0.1) is 0 Å². The van der Waals surface area contributed by atoms with Gasteiger partial charge in [0.25, 0.3) is 0 Å². The van der Waals surface area contributed by atoms with Crippen molar-refractivity contribution in [1.29, 1.82) is 0 Å². The molecule has 0 aromatic heterocycles. The zero-order chi connectivity index (χ0) is 13.7. The van der Waals surface area contributed by atoms with Crippen molar-refractivity contribution in [3.05, 3.63) is 31.7 Å². The van der Waals surface area contributed by atoms with Crippen molar-refractivity contribution in [2.45, 2.75) is 39.0 Å². The fraction of sp³-hybridized carbons (Fsp3) is 0.462. The second-order valence-electron chi connectivity index (χ2n) is 4.09. The number of halogens is 4. The molecule has 0 aliphatic carbocycles. The molecule has 0 fully saturated rings. The van der Waals surface area contributed by atoms with Crippen LogP contribution in [-0.2, 0) is 11.2 Å². The highest BCUT2D eigenvalue weighted by Gasteiger charge is 2.14. The summed E-state index contributed by atoms with van der Waals surface area (Å²) >= 11 is 24.1. The van der Waals surface area contributed by atoms with Crippen molar-refractivity contribution in [2.75, 3.05) is 0 Å². The zero-order valence-corrected chi connectivity index (χ0v) is 13.1. The van der Waals surface area contributed by atoms with Gasteiger partial charge < -0.3 is 0 Å². The third-order valence-corrected chi connectivity index (χ3v) is 4.27. The smallest absolute Gasteiger partial charge is 0.132 e. The third-order valence-electron chi connectivity index (χ3n) is 2.61. The zero-order valence-electron chi connectivity index (χ0n) is 10.0. The van der Waals surface area contributed by atoms with E-state index in [1.54, 1.807) is 0 Å². The lowest BCUT2D eigenvalue weighted by Crippen LogP contribution is -1.99. The Hall–Kier alpha value is 0.0500. The molecule has 0 radical (unpaired) electrons. The maximum absolute atomic E-state index is 11.4. The van der Waals surface area contributed by atoms with E-state index in [-0.39, 0.29) is 5.78 Å². The lowest BCUT2D eigenvalue weighted by Gasteiger charge is -2.10. The topological polar surface area (TPSA) is 17.1 Å². The number of hydrogen-bond donors (Lipinski definition) is 0. The van der Waals surface area contributed by atoms with Crippen LogP contribution >= 0.6 is 46.4 Å². The monoisotopic (exact) mass is 326 g/mol. The van der Waals surface area contributed by atoms with Crippen molar-refractivity contribution < 1.29 is 4.79 Å². The van der Waals surface area contributed by atoms with E-state index in [1.807, 2.05) is 6.92 Å². The Kier molecular flexibility index (Phi) is 6.79. The molecule has 0 N–H and O–H groups in total. The largest absolute Gasteiger partial charge is 0.300 e. The van der Waals surface area contributed by atoms with Gasteiger partial charge in [0, 0.05) is 12.8 Å². The first-order valence-corrected chi connectivity index (χ1v) is 7.32. The van der Waals surface area contributed by atoms with Crippen LogP contribution in [0.4, 0.5) is 0 Å². The molecule has 0 aliphatic heterocycles. The lowest BCUT2D eigenvalue weighted by atomic mass is 10.0. The predicted molar refractivity (Wildman–Crippen MR) is 79.3 cm³/mol. The summed E-state index contributed by atoms with van der Waals surface area (Å²) in [5.41, 5.74) is 0.722. The molecular weight excluding hydrogens is 314 g/mol. The average molecular weight is 328 g/mol. The van der Waals surface area contributed by atoms with Crippen molar-refractivity contribution in [3.63, 3.8) is 0 Å². The van der Waals surface area contributed by atoms with Crippen LogP contribution in [-0.4, -0.2) is 5.78 Å². The van der Waals surface area contributed by atoms with Crippen molar-refractivity contribution >= 4 is 52.2 Å². The highest BCUT2D eigenvalue weighted by atomic mass is 35.5. The van der Waals surface area contributed by atoms with Crippen LogP contribution in [0, 0.1) is 0 Å². The molecule has 0 spiro atoms. The molecule has 0 atom stereocenters. The Labute approximate surface area is 127 Å². The Morgan fingerprint density at radius 3 is 2.11 bits per heavy atom. The van der Waals surface area contributed by atoms with Crippen LogP contribution in [0.3, 0.4) is 0 Å². The Morgan fingerprint density at radius 2 is 1.61 bits per heavy atom. The summed E-state index contributed by atoms with van der Waals surface area (Å²) in [7, 11) is 0. The highest BCUT2D eigenvalue weighted by molar-refractivity contribution is 6.48. The van der Waals surface area contributed by atoms with E-state index in [0.29, 0.717) is 45.8 Å². The fourth-order valence-corrected chi connectivity index (χ4v) is 2.75. The van der Waals surface area contributed by atoms with Gasteiger partial charge in [0.2, 0.25) is 0 Å². The lowest BCUT2D eigenvalue weighted by molar-refractivity contribution is -0.119. The second-order valence-corrected chi connectivity index (χ2v) is 5.66. The minimum absolute atomic E-state index is 0.262. The summed E-state index contributed by atoms with van der Waals surface area (Å²) in [6.45, 7) is 1.99. The summed E-state index contributed by atoms with van der Waals surface area (Å²) in [6.07, 6.45) is 3.34. The summed E-state index contributed by atoms with van der Waals surface area (Å²) in [5.74, 6) is 0.262. The van der Waals surface area contributed by atoms with Crippen LogP contribution in [0.25, 0.3) is 0 Å². The molecule has 100 valence electrons. The molecule has 0 aliphatic rings. The van der Waals surface area contributed by atoms with Gasteiger partial charge in [-0.05, 0) is 30.9 Å². The molecule has 18 heavy (non-hydrogen) atoms. The Bertz CT molecular complexity index is 417. The number of carbonyl (C=O) groups excluding carboxylic acids is 1. The van der Waals surface area contributed by atoms with E-state index < -0.39 is 0 Å². The fourth-order valence-electron chi connectivity index (χ4n) is 1.71. The predicted octanol–water partition coefficient (Wildman–Crippen LogP) is 5.99. The van der Waals surface area contributed by atoms with Crippen LogP contribution in [0.15, 0.2) is 6.07 Å². The summed E-state index contributed by atoms with van der Waals surface area (Å²) in [4.78, 5) is 11.4. The first-order chi connectivity index (χ1) is 8.47. The number of hydrogen-bond acceptors (Lipinski definition) is 1. The molecule has 1 aromatic rings. The van der Waals surface area contributed by atoms with Gasteiger partial charge in [-0.1, -0.05) is 53.3 Å². The third kappa shape index (κ3) is 4.31. The van der Waals surface area contributed by atoms with Crippen LogP contribution in [0.2, 0.25) is 20.1 Å². The van der Waals surface area contributed by atoms with E-state index in [9.17, 15) is 4.79 Å².